The maximum Gasteiger partial charge on any atom is 0.256 e. The lowest BCUT2D eigenvalue weighted by Crippen LogP contribution is -2.13. The van der Waals surface area contributed by atoms with E-state index in [0.29, 0.717) is 16.3 Å². The van der Waals surface area contributed by atoms with Crippen LogP contribution in [0.25, 0.3) is 0 Å². The molecule has 0 atom stereocenters. The van der Waals surface area contributed by atoms with Crippen LogP contribution in [0.15, 0.2) is 82.2 Å². The second-order valence-electron chi connectivity index (χ2n) is 5.35. The van der Waals surface area contributed by atoms with E-state index < -0.39 is 0 Å². The first kappa shape index (κ1) is 18.1. The van der Waals surface area contributed by atoms with E-state index >= 15 is 0 Å². The first-order valence-corrected chi connectivity index (χ1v) is 9.81. The van der Waals surface area contributed by atoms with Crippen LogP contribution in [-0.2, 0) is 5.75 Å². The Morgan fingerprint density at radius 2 is 1.72 bits per heavy atom. The summed E-state index contributed by atoms with van der Waals surface area (Å²) in [4.78, 5) is 13.6. The zero-order valence-corrected chi connectivity index (χ0v) is 16.4. The lowest BCUT2D eigenvalue weighted by Gasteiger charge is -2.10. The van der Waals surface area contributed by atoms with Crippen molar-refractivity contribution >= 4 is 50.9 Å². The van der Waals surface area contributed by atoms with E-state index in [2.05, 4.69) is 33.4 Å². The number of carbonyl (C=O) groups is 1. The van der Waals surface area contributed by atoms with E-state index in [4.69, 9.17) is 11.6 Å². The van der Waals surface area contributed by atoms with Crippen LogP contribution in [0.4, 0.5) is 5.69 Å². The van der Waals surface area contributed by atoms with Crippen LogP contribution in [0.5, 0.6) is 0 Å². The lowest BCUT2D eigenvalue weighted by atomic mass is 10.2. The first-order valence-electron chi connectivity index (χ1n) is 7.65. The normalized spacial score (nSPS) is 10.5. The van der Waals surface area contributed by atoms with Crippen molar-refractivity contribution in [1.29, 1.82) is 0 Å². The highest BCUT2D eigenvalue weighted by molar-refractivity contribution is 9.10. The molecule has 0 radical (unpaired) electrons. The number of carbonyl (C=O) groups excluding carboxylic acids is 1. The summed E-state index contributed by atoms with van der Waals surface area (Å²) in [6.45, 7) is 0. The number of benzene rings is 3. The van der Waals surface area contributed by atoms with E-state index in [0.717, 1.165) is 15.1 Å². The van der Waals surface area contributed by atoms with Crippen LogP contribution < -0.4 is 5.32 Å². The third-order valence-electron chi connectivity index (χ3n) is 3.55. The van der Waals surface area contributed by atoms with Gasteiger partial charge in [-0.25, -0.2) is 0 Å². The number of hydrogen-bond donors (Lipinski definition) is 1. The maximum absolute atomic E-state index is 12.7. The fourth-order valence-electron chi connectivity index (χ4n) is 2.29. The smallest absolute Gasteiger partial charge is 0.256 e. The zero-order valence-electron chi connectivity index (χ0n) is 13.2. The first-order chi connectivity index (χ1) is 12.1. The van der Waals surface area contributed by atoms with Crippen molar-refractivity contribution in [2.45, 2.75) is 10.6 Å². The molecule has 2 nitrogen and oxygen atoms in total. The van der Waals surface area contributed by atoms with Gasteiger partial charge in [-0.3, -0.25) is 4.79 Å². The number of rotatable bonds is 5. The highest BCUT2D eigenvalue weighted by Crippen LogP contribution is 2.28. The molecule has 3 aromatic carbocycles. The predicted octanol–water partition coefficient (Wildman–Crippen LogP) is 6.65. The summed E-state index contributed by atoms with van der Waals surface area (Å²) in [6, 6.07) is 23.2. The molecule has 3 rings (SSSR count). The van der Waals surface area contributed by atoms with Gasteiger partial charge in [0.05, 0.1) is 10.6 Å². The van der Waals surface area contributed by atoms with Crippen LogP contribution in [0.2, 0.25) is 5.02 Å². The summed E-state index contributed by atoms with van der Waals surface area (Å²) in [7, 11) is 0. The fourth-order valence-corrected chi connectivity index (χ4v) is 3.72. The highest BCUT2D eigenvalue weighted by atomic mass is 79.9. The average molecular weight is 433 g/mol. The van der Waals surface area contributed by atoms with Crippen molar-refractivity contribution in [2.24, 2.45) is 0 Å². The molecule has 0 bridgehead atoms. The van der Waals surface area contributed by atoms with Gasteiger partial charge in [0.2, 0.25) is 0 Å². The van der Waals surface area contributed by atoms with Crippen molar-refractivity contribution in [2.75, 3.05) is 5.32 Å². The summed E-state index contributed by atoms with van der Waals surface area (Å²) in [5, 5.41) is 3.47. The van der Waals surface area contributed by atoms with Gasteiger partial charge in [-0.2, -0.15) is 0 Å². The van der Waals surface area contributed by atoms with Gasteiger partial charge in [0.15, 0.2) is 0 Å². The van der Waals surface area contributed by atoms with Gasteiger partial charge in [0.25, 0.3) is 5.91 Å². The van der Waals surface area contributed by atoms with Gasteiger partial charge in [-0.15, -0.1) is 11.8 Å². The van der Waals surface area contributed by atoms with Crippen molar-refractivity contribution < 1.29 is 4.79 Å². The van der Waals surface area contributed by atoms with Crippen LogP contribution in [0.3, 0.4) is 0 Å². The summed E-state index contributed by atoms with van der Waals surface area (Å²) < 4.78 is 0.797. The Morgan fingerprint density at radius 3 is 2.48 bits per heavy atom. The molecule has 0 aliphatic heterocycles. The number of thioether (sulfide) groups is 1. The molecule has 0 aromatic heterocycles. The zero-order chi connectivity index (χ0) is 17.6. The van der Waals surface area contributed by atoms with Crippen molar-refractivity contribution in [3.05, 3.63) is 93.4 Å². The molecule has 25 heavy (non-hydrogen) atoms. The Morgan fingerprint density at radius 1 is 1.00 bits per heavy atom. The Kier molecular flexibility index (Phi) is 6.19. The number of anilines is 1. The van der Waals surface area contributed by atoms with Gasteiger partial charge < -0.3 is 5.32 Å². The van der Waals surface area contributed by atoms with Crippen LogP contribution in [0.1, 0.15) is 15.9 Å². The Hall–Kier alpha value is -1.75. The molecule has 0 saturated carbocycles. The number of amides is 1. The molecular formula is C20H15BrClNOS. The van der Waals surface area contributed by atoms with E-state index in [1.54, 1.807) is 17.8 Å². The molecule has 0 spiro atoms. The van der Waals surface area contributed by atoms with Crippen LogP contribution in [-0.4, -0.2) is 5.91 Å². The number of hydrogen-bond acceptors (Lipinski definition) is 2. The van der Waals surface area contributed by atoms with E-state index in [1.807, 2.05) is 54.6 Å². The molecule has 1 amide bonds. The molecule has 5 heteroatoms. The number of nitrogens with one attached hydrogen (secondary N) is 1. The molecule has 0 unspecified atom stereocenters. The Balaban J connectivity index is 1.75. The van der Waals surface area contributed by atoms with E-state index in [1.165, 1.54) is 5.56 Å². The molecule has 0 heterocycles. The summed E-state index contributed by atoms with van der Waals surface area (Å²) in [5.41, 5.74) is 2.55. The SMILES string of the molecule is O=C(Nc1ccc(Br)c(Cl)c1)c1ccccc1SCc1ccccc1. The molecule has 3 aromatic rings. The molecule has 0 aliphatic carbocycles. The average Bonchev–Trinajstić information content (AvgIpc) is 2.64. The number of halogens is 2. The van der Waals surface area contributed by atoms with Crippen molar-refractivity contribution in [3.63, 3.8) is 0 Å². The molecule has 126 valence electrons. The second-order valence-corrected chi connectivity index (χ2v) is 7.63. The predicted molar refractivity (Wildman–Crippen MR) is 110 cm³/mol. The van der Waals surface area contributed by atoms with Crippen LogP contribution >= 0.6 is 39.3 Å². The Bertz CT molecular complexity index is 886. The molecule has 0 aliphatic rings. The molecule has 1 N–H and O–H groups in total. The molecular weight excluding hydrogens is 418 g/mol. The maximum atomic E-state index is 12.7. The quantitative estimate of drug-likeness (QED) is 0.457. The van der Waals surface area contributed by atoms with E-state index in [-0.39, 0.29) is 5.91 Å². The minimum absolute atomic E-state index is 0.144. The van der Waals surface area contributed by atoms with Crippen molar-refractivity contribution in [3.8, 4) is 0 Å². The van der Waals surface area contributed by atoms with Gasteiger partial charge in [-0.1, -0.05) is 54.1 Å². The Labute approximate surface area is 164 Å². The summed E-state index contributed by atoms with van der Waals surface area (Å²) in [6.07, 6.45) is 0. The summed E-state index contributed by atoms with van der Waals surface area (Å²) >= 11 is 11.1. The largest absolute Gasteiger partial charge is 0.322 e. The monoisotopic (exact) mass is 431 g/mol. The van der Waals surface area contributed by atoms with Crippen LogP contribution in [0, 0.1) is 0 Å². The minimum Gasteiger partial charge on any atom is -0.322 e. The highest BCUT2D eigenvalue weighted by Gasteiger charge is 2.12. The molecule has 0 fully saturated rings. The molecule has 0 saturated heterocycles. The third-order valence-corrected chi connectivity index (χ3v) is 5.92. The van der Waals surface area contributed by atoms with Gasteiger partial charge in [-0.05, 0) is 51.8 Å². The van der Waals surface area contributed by atoms with Gasteiger partial charge in [0, 0.05) is 20.8 Å². The summed E-state index contributed by atoms with van der Waals surface area (Å²) in [5.74, 6) is 0.671. The van der Waals surface area contributed by atoms with E-state index in [9.17, 15) is 4.79 Å². The van der Waals surface area contributed by atoms with Gasteiger partial charge in [0.1, 0.15) is 0 Å². The van der Waals surface area contributed by atoms with Crippen molar-refractivity contribution in [1.82, 2.24) is 0 Å². The lowest BCUT2D eigenvalue weighted by molar-refractivity contribution is 0.102. The minimum atomic E-state index is -0.144. The second kappa shape index (κ2) is 8.56. The topological polar surface area (TPSA) is 29.1 Å². The third kappa shape index (κ3) is 4.88. The standard InChI is InChI=1S/C20H15BrClNOS/c21-17-11-10-15(12-18(17)22)23-20(24)16-8-4-5-9-19(16)25-13-14-6-2-1-3-7-14/h1-12H,13H2,(H,23,24). The van der Waals surface area contributed by atoms with Gasteiger partial charge >= 0.3 is 0 Å². The fraction of sp³-hybridized carbons (Fsp3) is 0.0500.